The first kappa shape index (κ1) is 11.0. The molecule has 2 heteroatoms. The molecule has 2 aromatic rings. The Labute approximate surface area is 107 Å². The van der Waals surface area contributed by atoms with Crippen molar-refractivity contribution in [2.75, 3.05) is 0 Å². The van der Waals surface area contributed by atoms with Gasteiger partial charge in [0.15, 0.2) is 0 Å². The van der Waals surface area contributed by atoms with Crippen LogP contribution in [0.1, 0.15) is 28.3 Å². The van der Waals surface area contributed by atoms with Crippen LogP contribution in [0.5, 0.6) is 0 Å². The van der Waals surface area contributed by atoms with E-state index in [0.717, 1.165) is 5.56 Å². The summed E-state index contributed by atoms with van der Waals surface area (Å²) in [7, 11) is 0. The van der Waals surface area contributed by atoms with Crippen LogP contribution < -0.4 is 5.32 Å². The molecule has 2 aromatic carbocycles. The minimum Gasteiger partial charge on any atom is -0.345 e. The Morgan fingerprint density at radius 2 is 1.83 bits per heavy atom. The van der Waals surface area contributed by atoms with Crippen molar-refractivity contribution in [1.29, 1.82) is 0 Å². The molecule has 0 saturated carbocycles. The number of amides is 1. The van der Waals surface area contributed by atoms with Gasteiger partial charge in [0.1, 0.15) is 0 Å². The van der Waals surface area contributed by atoms with E-state index < -0.39 is 0 Å². The summed E-state index contributed by atoms with van der Waals surface area (Å²) < 4.78 is 0. The van der Waals surface area contributed by atoms with Gasteiger partial charge in [0.25, 0.3) is 0 Å². The molecule has 1 aliphatic rings. The molecule has 0 aliphatic carbocycles. The van der Waals surface area contributed by atoms with E-state index in [2.05, 4.69) is 42.6 Å². The summed E-state index contributed by atoms with van der Waals surface area (Å²) in [6.07, 6.45) is 0.491. The van der Waals surface area contributed by atoms with Crippen LogP contribution in [0, 0.1) is 6.92 Å². The Kier molecular flexibility index (Phi) is 2.63. The van der Waals surface area contributed by atoms with Gasteiger partial charge in [0, 0.05) is 0 Å². The Morgan fingerprint density at radius 3 is 2.61 bits per heavy atom. The third kappa shape index (κ3) is 1.80. The van der Waals surface area contributed by atoms with Crippen molar-refractivity contribution in [3.8, 4) is 0 Å². The monoisotopic (exact) mass is 237 g/mol. The molecule has 18 heavy (non-hydrogen) atoms. The van der Waals surface area contributed by atoms with Gasteiger partial charge in [-0.15, -0.1) is 0 Å². The number of aryl methyl sites for hydroxylation is 1. The van der Waals surface area contributed by atoms with E-state index in [0.29, 0.717) is 6.42 Å². The van der Waals surface area contributed by atoms with Crippen LogP contribution in [0.2, 0.25) is 0 Å². The number of hydrogen-bond acceptors (Lipinski definition) is 1. The maximum atomic E-state index is 11.9. The van der Waals surface area contributed by atoms with Gasteiger partial charge in [-0.1, -0.05) is 48.5 Å². The number of carbonyl (C=O) groups is 1. The molecule has 0 spiro atoms. The van der Waals surface area contributed by atoms with Crippen LogP contribution in [-0.4, -0.2) is 5.91 Å². The van der Waals surface area contributed by atoms with Crippen LogP contribution >= 0.6 is 0 Å². The van der Waals surface area contributed by atoms with Crippen molar-refractivity contribution < 1.29 is 4.79 Å². The Bertz CT molecular complexity index is 589. The first-order chi connectivity index (χ1) is 8.75. The van der Waals surface area contributed by atoms with Crippen molar-refractivity contribution in [2.24, 2.45) is 0 Å². The van der Waals surface area contributed by atoms with E-state index in [1.165, 1.54) is 16.7 Å². The normalized spacial score (nSPS) is 18.1. The maximum Gasteiger partial charge on any atom is 0.225 e. The lowest BCUT2D eigenvalue weighted by Crippen LogP contribution is -2.36. The molecular weight excluding hydrogens is 222 g/mol. The molecule has 0 aromatic heterocycles. The fourth-order valence-electron chi connectivity index (χ4n) is 2.60. The zero-order valence-electron chi connectivity index (χ0n) is 10.3. The van der Waals surface area contributed by atoms with Crippen molar-refractivity contribution in [2.45, 2.75) is 19.4 Å². The second-order valence-electron chi connectivity index (χ2n) is 4.73. The summed E-state index contributed by atoms with van der Waals surface area (Å²) in [5.41, 5.74) is 4.73. The minimum absolute atomic E-state index is 0.0117. The topological polar surface area (TPSA) is 29.1 Å². The summed E-state index contributed by atoms with van der Waals surface area (Å²) in [5.74, 6) is 0.102. The fourth-order valence-corrected chi connectivity index (χ4v) is 2.60. The van der Waals surface area contributed by atoms with Gasteiger partial charge in [-0.25, -0.2) is 0 Å². The zero-order valence-corrected chi connectivity index (χ0v) is 10.3. The highest BCUT2D eigenvalue weighted by Crippen LogP contribution is 2.30. The maximum absolute atomic E-state index is 11.9. The second-order valence-corrected chi connectivity index (χ2v) is 4.73. The number of carbonyl (C=O) groups excluding carboxylic acids is 1. The van der Waals surface area contributed by atoms with E-state index in [9.17, 15) is 4.79 Å². The Morgan fingerprint density at radius 1 is 1.06 bits per heavy atom. The van der Waals surface area contributed by atoms with E-state index in [-0.39, 0.29) is 11.9 Å². The van der Waals surface area contributed by atoms with Crippen molar-refractivity contribution >= 4 is 5.91 Å². The van der Waals surface area contributed by atoms with Crippen LogP contribution in [0.25, 0.3) is 0 Å². The third-order valence-electron chi connectivity index (χ3n) is 3.53. The molecule has 1 heterocycles. The van der Waals surface area contributed by atoms with Gasteiger partial charge < -0.3 is 5.32 Å². The van der Waals surface area contributed by atoms with Crippen molar-refractivity contribution in [3.05, 3.63) is 70.8 Å². The van der Waals surface area contributed by atoms with Gasteiger partial charge in [0.2, 0.25) is 5.91 Å². The van der Waals surface area contributed by atoms with Gasteiger partial charge in [-0.3, -0.25) is 4.79 Å². The lowest BCUT2D eigenvalue weighted by Gasteiger charge is -2.28. The lowest BCUT2D eigenvalue weighted by molar-refractivity contribution is -0.121. The molecule has 1 aliphatic heterocycles. The third-order valence-corrected chi connectivity index (χ3v) is 3.53. The second kappa shape index (κ2) is 4.30. The predicted octanol–water partition coefficient (Wildman–Crippen LogP) is 2.76. The zero-order chi connectivity index (χ0) is 12.5. The first-order valence-corrected chi connectivity index (χ1v) is 6.18. The lowest BCUT2D eigenvalue weighted by atomic mass is 9.87. The Balaban J connectivity index is 2.14. The standard InChI is InChI=1S/C16H15NO/c1-11-6-5-9-13-14(11)10-15(18)17-16(13)12-7-3-2-4-8-12/h2-9,16H,10H2,1H3,(H,17,18). The molecular formula is C16H15NO. The molecule has 3 rings (SSSR count). The smallest absolute Gasteiger partial charge is 0.225 e. The average molecular weight is 237 g/mol. The number of hydrogen-bond donors (Lipinski definition) is 1. The molecule has 1 amide bonds. The van der Waals surface area contributed by atoms with Crippen LogP contribution in [-0.2, 0) is 11.2 Å². The highest BCUT2D eigenvalue weighted by atomic mass is 16.1. The summed E-state index contributed by atoms with van der Waals surface area (Å²) in [5, 5.41) is 3.08. The SMILES string of the molecule is Cc1cccc2c1CC(=O)NC2c1ccccc1. The molecule has 0 saturated heterocycles. The van der Waals surface area contributed by atoms with Crippen LogP contribution in [0.3, 0.4) is 0 Å². The van der Waals surface area contributed by atoms with Crippen molar-refractivity contribution in [1.82, 2.24) is 5.32 Å². The molecule has 2 nitrogen and oxygen atoms in total. The van der Waals surface area contributed by atoms with Gasteiger partial charge in [-0.2, -0.15) is 0 Å². The first-order valence-electron chi connectivity index (χ1n) is 6.18. The van der Waals surface area contributed by atoms with E-state index >= 15 is 0 Å². The molecule has 0 bridgehead atoms. The number of rotatable bonds is 1. The largest absolute Gasteiger partial charge is 0.345 e. The van der Waals surface area contributed by atoms with Crippen molar-refractivity contribution in [3.63, 3.8) is 0 Å². The van der Waals surface area contributed by atoms with Gasteiger partial charge in [-0.05, 0) is 29.2 Å². The predicted molar refractivity (Wildman–Crippen MR) is 71.3 cm³/mol. The summed E-state index contributed by atoms with van der Waals surface area (Å²) in [6.45, 7) is 2.07. The van der Waals surface area contributed by atoms with Gasteiger partial charge in [0.05, 0.1) is 12.5 Å². The number of nitrogens with one attached hydrogen (secondary N) is 1. The van der Waals surface area contributed by atoms with E-state index in [1.807, 2.05) is 18.2 Å². The minimum atomic E-state index is -0.0117. The van der Waals surface area contributed by atoms with Gasteiger partial charge >= 0.3 is 0 Å². The number of benzene rings is 2. The van der Waals surface area contributed by atoms with E-state index in [4.69, 9.17) is 0 Å². The summed E-state index contributed by atoms with van der Waals surface area (Å²) in [6, 6.07) is 16.3. The van der Waals surface area contributed by atoms with Crippen LogP contribution in [0.4, 0.5) is 0 Å². The molecule has 90 valence electrons. The molecule has 0 fully saturated rings. The molecule has 1 unspecified atom stereocenters. The quantitative estimate of drug-likeness (QED) is 0.811. The molecule has 0 radical (unpaired) electrons. The molecule has 1 atom stereocenters. The summed E-state index contributed by atoms with van der Waals surface area (Å²) in [4.78, 5) is 11.9. The molecule has 1 N–H and O–H groups in total. The highest BCUT2D eigenvalue weighted by Gasteiger charge is 2.26. The summed E-state index contributed by atoms with van der Waals surface area (Å²) >= 11 is 0. The highest BCUT2D eigenvalue weighted by molar-refractivity contribution is 5.82. The Hall–Kier alpha value is -2.09. The average Bonchev–Trinajstić information content (AvgIpc) is 2.40. The number of fused-ring (bicyclic) bond motifs is 1. The van der Waals surface area contributed by atoms with E-state index in [1.54, 1.807) is 0 Å². The fraction of sp³-hybridized carbons (Fsp3) is 0.188. The van der Waals surface area contributed by atoms with Crippen LogP contribution in [0.15, 0.2) is 48.5 Å².